The first-order chi connectivity index (χ1) is 16.7. The number of carbonyl (C=O) groups excluding carboxylic acids is 3. The summed E-state index contributed by atoms with van der Waals surface area (Å²) in [6, 6.07) is 3.77. The van der Waals surface area contributed by atoms with Crippen LogP contribution in [0.25, 0.3) is 0 Å². The summed E-state index contributed by atoms with van der Waals surface area (Å²) in [5.74, 6) is -0.714. The number of anilines is 1. The Bertz CT molecular complexity index is 1230. The third-order valence-electron chi connectivity index (χ3n) is 5.49. The molecule has 3 rings (SSSR count). The second-order valence-corrected chi connectivity index (χ2v) is 9.51. The van der Waals surface area contributed by atoms with Gasteiger partial charge in [0, 0.05) is 5.56 Å². The molecule has 1 aliphatic heterocycles. The van der Waals surface area contributed by atoms with E-state index >= 15 is 0 Å². The van der Waals surface area contributed by atoms with Crippen molar-refractivity contribution in [2.45, 2.75) is 59.2 Å². The van der Waals surface area contributed by atoms with Gasteiger partial charge in [-0.25, -0.2) is 9.59 Å². The van der Waals surface area contributed by atoms with E-state index in [1.165, 1.54) is 24.1 Å². The predicted molar refractivity (Wildman–Crippen MR) is 127 cm³/mol. The topological polar surface area (TPSA) is 155 Å². The molecule has 2 heterocycles. The van der Waals surface area contributed by atoms with Gasteiger partial charge in [-0.2, -0.15) is 5.10 Å². The van der Waals surface area contributed by atoms with Gasteiger partial charge < -0.3 is 19.5 Å². The number of ether oxygens (including phenoxy) is 3. The summed E-state index contributed by atoms with van der Waals surface area (Å²) in [6.45, 7) is 10.3. The molecule has 36 heavy (non-hydrogen) atoms. The van der Waals surface area contributed by atoms with Gasteiger partial charge in [-0.15, -0.1) is 4.68 Å². The van der Waals surface area contributed by atoms with Gasteiger partial charge in [-0.05, 0) is 53.7 Å². The Morgan fingerprint density at radius 3 is 2.44 bits per heavy atom. The molecule has 0 saturated heterocycles. The first-order valence-electron chi connectivity index (χ1n) is 11.1. The summed E-state index contributed by atoms with van der Waals surface area (Å²) in [5.41, 5.74) is -1.76. The van der Waals surface area contributed by atoms with E-state index in [0.29, 0.717) is 11.3 Å². The molecule has 13 nitrogen and oxygen atoms in total. The summed E-state index contributed by atoms with van der Waals surface area (Å²) in [7, 11) is 1.35. The maximum Gasteiger partial charge on any atom is 0.436 e. The van der Waals surface area contributed by atoms with Crippen molar-refractivity contribution in [2.75, 3.05) is 19.0 Å². The van der Waals surface area contributed by atoms with Gasteiger partial charge in [0.15, 0.2) is 0 Å². The van der Waals surface area contributed by atoms with Crippen LogP contribution in [0.3, 0.4) is 0 Å². The maximum absolute atomic E-state index is 13.2. The molecule has 1 aliphatic rings. The molecule has 0 unspecified atom stereocenters. The normalized spacial score (nSPS) is 14.1. The Morgan fingerprint density at radius 2 is 1.89 bits per heavy atom. The first kappa shape index (κ1) is 26.4. The van der Waals surface area contributed by atoms with Crippen molar-refractivity contribution in [1.29, 1.82) is 0 Å². The highest BCUT2D eigenvalue weighted by molar-refractivity contribution is 6.07. The summed E-state index contributed by atoms with van der Waals surface area (Å²) in [5, 5.41) is 18.5. The van der Waals surface area contributed by atoms with Crippen LogP contribution in [0, 0.1) is 10.1 Å². The first-order valence-corrected chi connectivity index (χ1v) is 11.1. The van der Waals surface area contributed by atoms with Crippen LogP contribution in [-0.2, 0) is 21.6 Å². The lowest BCUT2D eigenvalue weighted by Crippen LogP contribution is -2.44. The minimum absolute atomic E-state index is 0.0308. The van der Waals surface area contributed by atoms with Crippen LogP contribution in [0.15, 0.2) is 18.2 Å². The van der Waals surface area contributed by atoms with Crippen LogP contribution in [0.2, 0.25) is 0 Å². The zero-order valence-electron chi connectivity index (χ0n) is 21.2. The fourth-order valence-electron chi connectivity index (χ4n) is 3.79. The van der Waals surface area contributed by atoms with E-state index in [2.05, 4.69) is 10.4 Å². The molecule has 1 N–H and O–H groups in total. The molecule has 1 aromatic heterocycles. The lowest BCUT2D eigenvalue weighted by atomic mass is 10.0. The Morgan fingerprint density at radius 1 is 1.22 bits per heavy atom. The highest BCUT2D eigenvalue weighted by Crippen LogP contribution is 2.42. The fraction of sp³-hybridized carbons (Fsp3) is 0.478. The van der Waals surface area contributed by atoms with E-state index in [9.17, 15) is 24.5 Å². The predicted octanol–water partition coefficient (Wildman–Crippen LogP) is 4.04. The number of aromatic nitrogens is 2. The highest BCUT2D eigenvalue weighted by atomic mass is 16.6. The van der Waals surface area contributed by atoms with E-state index in [1.807, 2.05) is 0 Å². The number of nitrogens with zero attached hydrogens (tertiary/aromatic N) is 4. The number of carbonyl (C=O) groups is 3. The highest BCUT2D eigenvalue weighted by Gasteiger charge is 2.47. The third-order valence-corrected chi connectivity index (χ3v) is 5.49. The number of amides is 2. The van der Waals surface area contributed by atoms with E-state index in [0.717, 1.165) is 10.7 Å². The van der Waals surface area contributed by atoms with Crippen LogP contribution in [0.5, 0.6) is 5.75 Å². The molecule has 0 bridgehead atoms. The lowest BCUT2D eigenvalue weighted by Gasteiger charge is -2.33. The number of benzene rings is 1. The van der Waals surface area contributed by atoms with E-state index in [4.69, 9.17) is 14.2 Å². The third kappa shape index (κ3) is 4.95. The van der Waals surface area contributed by atoms with Crippen LogP contribution in [-0.4, -0.2) is 57.0 Å². The van der Waals surface area contributed by atoms with Crippen molar-refractivity contribution < 1.29 is 33.5 Å². The molecule has 2 amide bonds. The van der Waals surface area contributed by atoms with E-state index < -0.39 is 39.8 Å². The molecule has 0 atom stereocenters. The fourth-order valence-corrected chi connectivity index (χ4v) is 3.79. The van der Waals surface area contributed by atoms with Crippen molar-refractivity contribution >= 4 is 29.6 Å². The van der Waals surface area contributed by atoms with Crippen molar-refractivity contribution in [3.8, 4) is 5.75 Å². The van der Waals surface area contributed by atoms with Crippen LogP contribution < -0.4 is 10.1 Å². The number of nitrogens with one attached hydrogen (secondary N) is 1. The Kier molecular flexibility index (Phi) is 6.96. The average molecular weight is 504 g/mol. The molecule has 0 spiro atoms. The summed E-state index contributed by atoms with van der Waals surface area (Å²) in [6.07, 6.45) is -1.46. The molecule has 0 aliphatic carbocycles. The quantitative estimate of drug-likeness (QED) is 0.470. The summed E-state index contributed by atoms with van der Waals surface area (Å²) in [4.78, 5) is 51.0. The molecule has 0 fully saturated rings. The van der Waals surface area contributed by atoms with Gasteiger partial charge in [-0.1, -0.05) is 0 Å². The largest absolute Gasteiger partial charge is 0.497 e. The number of nitro benzene ring substituents is 1. The number of hydrogen-bond acceptors (Lipinski definition) is 9. The van der Waals surface area contributed by atoms with E-state index in [-0.39, 0.29) is 30.3 Å². The van der Waals surface area contributed by atoms with Gasteiger partial charge in [0.05, 0.1) is 42.5 Å². The molecule has 13 heteroatoms. The van der Waals surface area contributed by atoms with E-state index in [1.54, 1.807) is 41.5 Å². The molecule has 0 saturated carbocycles. The number of methoxy groups -OCH3 is 1. The Labute approximate surface area is 207 Å². The minimum atomic E-state index is -0.999. The van der Waals surface area contributed by atoms with Gasteiger partial charge in [-0.3, -0.25) is 19.8 Å². The van der Waals surface area contributed by atoms with Gasteiger partial charge in [0.2, 0.25) is 0 Å². The van der Waals surface area contributed by atoms with Crippen LogP contribution in [0.4, 0.5) is 21.1 Å². The number of hydrogen-bond donors (Lipinski definition) is 1. The minimum Gasteiger partial charge on any atom is -0.497 e. The molecule has 1 aromatic carbocycles. The van der Waals surface area contributed by atoms with Gasteiger partial charge >= 0.3 is 12.2 Å². The van der Waals surface area contributed by atoms with Crippen molar-refractivity contribution in [1.82, 2.24) is 14.7 Å². The zero-order valence-corrected chi connectivity index (χ0v) is 21.2. The molecular weight excluding hydrogens is 474 g/mol. The Balaban J connectivity index is 2.06. The molecule has 0 radical (unpaired) electrons. The second kappa shape index (κ2) is 9.47. The number of fused-ring (bicyclic) bond motifs is 1. The summed E-state index contributed by atoms with van der Waals surface area (Å²) < 4.78 is 16.5. The summed E-state index contributed by atoms with van der Waals surface area (Å²) >= 11 is 0. The number of nitro groups is 1. The van der Waals surface area contributed by atoms with Crippen LogP contribution >= 0.6 is 0 Å². The van der Waals surface area contributed by atoms with Gasteiger partial charge in [0.1, 0.15) is 22.7 Å². The second-order valence-electron chi connectivity index (χ2n) is 9.51. The monoisotopic (exact) mass is 503 g/mol. The molecular formula is C23H29N5O8. The van der Waals surface area contributed by atoms with Crippen molar-refractivity contribution in [3.63, 3.8) is 0 Å². The molecule has 194 valence electrons. The van der Waals surface area contributed by atoms with Crippen LogP contribution in [0.1, 0.15) is 63.2 Å². The SMILES string of the molecule is CCOC(=O)n1nc2c(c1NC(=O)c1ccc(OC)cc1[N+](=O)[O-])CN(C(=O)OC(C)(C)C)C2(C)C. The van der Waals surface area contributed by atoms with Crippen molar-refractivity contribution in [2.24, 2.45) is 0 Å². The maximum atomic E-state index is 13.2. The zero-order chi connectivity index (χ0) is 27.0. The standard InChI is InChI=1S/C23H29N5O8/c1-8-35-21(31)27-18(24-19(29)14-10-9-13(34-7)11-16(14)28(32)33)15-12-26(20(30)36-22(2,3)4)23(5,6)17(15)25-27/h9-11H,8,12H2,1-7H3,(H,24,29). The number of rotatable bonds is 5. The van der Waals surface area contributed by atoms with Crippen molar-refractivity contribution in [3.05, 3.63) is 45.1 Å². The Hall–Kier alpha value is -4.16. The van der Waals surface area contributed by atoms with Gasteiger partial charge in [0.25, 0.3) is 11.6 Å². The smallest absolute Gasteiger partial charge is 0.436 e. The lowest BCUT2D eigenvalue weighted by molar-refractivity contribution is -0.385. The average Bonchev–Trinajstić information content (AvgIpc) is 3.26. The molecule has 2 aromatic rings.